The Bertz CT molecular complexity index is 414. The molecule has 0 amide bonds. The van der Waals surface area contributed by atoms with Gasteiger partial charge < -0.3 is 4.57 Å². The maximum Gasteiger partial charge on any atom is 0.0960 e. The van der Waals surface area contributed by atoms with Crippen LogP contribution in [0.4, 0.5) is 0 Å². The topological polar surface area (TPSA) is 30.7 Å². The molecule has 0 bridgehead atoms. The molecule has 0 spiro atoms. The molecule has 0 aliphatic heterocycles. The van der Waals surface area contributed by atoms with Gasteiger partial charge in [-0.15, -0.1) is 11.3 Å². The van der Waals surface area contributed by atoms with Crippen LogP contribution in [0, 0.1) is 0 Å². The number of hydrogen-bond donors (Lipinski definition) is 0. The molecular formula is C10H11N3S. The predicted molar refractivity (Wildman–Crippen MR) is 55.4 cm³/mol. The highest BCUT2D eigenvalue weighted by atomic mass is 32.1. The van der Waals surface area contributed by atoms with Gasteiger partial charge in [0.2, 0.25) is 0 Å². The lowest BCUT2D eigenvalue weighted by atomic mass is 10.4. The van der Waals surface area contributed by atoms with Crippen molar-refractivity contribution in [2.45, 2.75) is 25.3 Å². The summed E-state index contributed by atoms with van der Waals surface area (Å²) >= 11 is 1.80. The number of rotatable bonds is 3. The van der Waals surface area contributed by atoms with E-state index in [9.17, 15) is 0 Å². The first-order valence-electron chi connectivity index (χ1n) is 4.82. The van der Waals surface area contributed by atoms with Crippen molar-refractivity contribution in [3.05, 3.63) is 34.8 Å². The average molecular weight is 205 g/mol. The van der Waals surface area contributed by atoms with Crippen LogP contribution in [-0.4, -0.2) is 14.5 Å². The largest absolute Gasteiger partial charge is 0.331 e. The third-order valence-corrected chi connectivity index (χ3v) is 3.46. The summed E-state index contributed by atoms with van der Waals surface area (Å²) in [6.07, 6.45) is 8.26. The van der Waals surface area contributed by atoms with Crippen molar-refractivity contribution in [2.24, 2.45) is 0 Å². The molecule has 1 saturated carbocycles. The van der Waals surface area contributed by atoms with E-state index in [4.69, 9.17) is 0 Å². The smallest absolute Gasteiger partial charge is 0.0960 e. The summed E-state index contributed by atoms with van der Waals surface area (Å²) in [7, 11) is 0. The van der Waals surface area contributed by atoms with Gasteiger partial charge in [0.1, 0.15) is 0 Å². The van der Waals surface area contributed by atoms with Crippen LogP contribution >= 0.6 is 11.3 Å². The lowest BCUT2D eigenvalue weighted by Crippen LogP contribution is -1.96. The molecule has 2 aromatic rings. The van der Waals surface area contributed by atoms with Crippen molar-refractivity contribution < 1.29 is 0 Å². The molecule has 2 heterocycles. The third kappa shape index (κ3) is 1.57. The van der Waals surface area contributed by atoms with Gasteiger partial charge in [0.15, 0.2) is 0 Å². The van der Waals surface area contributed by atoms with Gasteiger partial charge in [-0.1, -0.05) is 0 Å². The summed E-state index contributed by atoms with van der Waals surface area (Å²) in [5, 5.41) is 3.48. The zero-order chi connectivity index (χ0) is 9.38. The number of aromatic nitrogens is 3. The SMILES string of the molecule is c1cn(Cc2csc(C3CC3)n2)cn1. The lowest BCUT2D eigenvalue weighted by Gasteiger charge is -1.96. The number of nitrogens with zero attached hydrogens (tertiary/aromatic N) is 3. The maximum atomic E-state index is 4.62. The van der Waals surface area contributed by atoms with Crippen LogP contribution in [0.2, 0.25) is 0 Å². The van der Waals surface area contributed by atoms with Crippen molar-refractivity contribution in [3.63, 3.8) is 0 Å². The Morgan fingerprint density at radius 3 is 3.14 bits per heavy atom. The summed E-state index contributed by atoms with van der Waals surface area (Å²) in [6, 6.07) is 0. The van der Waals surface area contributed by atoms with E-state index < -0.39 is 0 Å². The monoisotopic (exact) mass is 205 g/mol. The summed E-state index contributed by atoms with van der Waals surface area (Å²) < 4.78 is 2.05. The molecule has 0 aromatic carbocycles. The predicted octanol–water partition coefficient (Wildman–Crippen LogP) is 2.27. The second kappa shape index (κ2) is 3.20. The van der Waals surface area contributed by atoms with E-state index in [2.05, 4.69) is 15.3 Å². The molecule has 0 radical (unpaired) electrons. The van der Waals surface area contributed by atoms with Crippen LogP contribution in [0.5, 0.6) is 0 Å². The molecule has 2 aromatic heterocycles. The molecule has 72 valence electrons. The highest BCUT2D eigenvalue weighted by Crippen LogP contribution is 2.41. The van der Waals surface area contributed by atoms with Crippen LogP contribution in [-0.2, 0) is 6.54 Å². The molecule has 3 nitrogen and oxygen atoms in total. The zero-order valence-electron chi connectivity index (χ0n) is 7.76. The second-order valence-corrected chi connectivity index (χ2v) is 4.58. The maximum absolute atomic E-state index is 4.62. The Hall–Kier alpha value is -1.16. The van der Waals surface area contributed by atoms with E-state index >= 15 is 0 Å². The molecule has 0 atom stereocenters. The Morgan fingerprint density at radius 1 is 1.50 bits per heavy atom. The van der Waals surface area contributed by atoms with Crippen molar-refractivity contribution in [3.8, 4) is 0 Å². The summed E-state index contributed by atoms with van der Waals surface area (Å²) in [5.41, 5.74) is 1.16. The molecule has 1 fully saturated rings. The number of hydrogen-bond acceptors (Lipinski definition) is 3. The summed E-state index contributed by atoms with van der Waals surface area (Å²) in [6.45, 7) is 0.850. The van der Waals surface area contributed by atoms with E-state index in [0.717, 1.165) is 18.2 Å². The van der Waals surface area contributed by atoms with Crippen LogP contribution in [0.25, 0.3) is 0 Å². The van der Waals surface area contributed by atoms with Crippen LogP contribution in [0.1, 0.15) is 29.5 Å². The average Bonchev–Trinajstić information content (AvgIpc) is 2.75. The molecular weight excluding hydrogens is 194 g/mol. The van der Waals surface area contributed by atoms with E-state index in [-0.39, 0.29) is 0 Å². The van der Waals surface area contributed by atoms with Crippen molar-refractivity contribution in [1.29, 1.82) is 0 Å². The number of thiazole rings is 1. The summed E-state index contributed by atoms with van der Waals surface area (Å²) in [5.74, 6) is 0.775. The lowest BCUT2D eigenvalue weighted by molar-refractivity contribution is 0.774. The first kappa shape index (κ1) is 8.17. The van der Waals surface area contributed by atoms with Gasteiger partial charge in [-0.25, -0.2) is 9.97 Å². The second-order valence-electron chi connectivity index (χ2n) is 3.69. The fourth-order valence-corrected chi connectivity index (χ4v) is 2.46. The minimum Gasteiger partial charge on any atom is -0.331 e. The molecule has 14 heavy (non-hydrogen) atoms. The van der Waals surface area contributed by atoms with Gasteiger partial charge in [-0.2, -0.15) is 0 Å². The van der Waals surface area contributed by atoms with Crippen molar-refractivity contribution >= 4 is 11.3 Å². The molecule has 0 N–H and O–H groups in total. The molecule has 4 heteroatoms. The Balaban J connectivity index is 1.76. The number of imidazole rings is 1. The Kier molecular flexibility index (Phi) is 1.87. The van der Waals surface area contributed by atoms with Gasteiger partial charge in [-0.3, -0.25) is 0 Å². The molecule has 0 saturated heterocycles. The zero-order valence-corrected chi connectivity index (χ0v) is 8.57. The van der Waals surface area contributed by atoms with Crippen LogP contribution < -0.4 is 0 Å². The first-order valence-corrected chi connectivity index (χ1v) is 5.70. The normalized spacial score (nSPS) is 16.0. The fraction of sp³-hybridized carbons (Fsp3) is 0.400. The van der Waals surface area contributed by atoms with Gasteiger partial charge in [0, 0.05) is 23.7 Å². The van der Waals surface area contributed by atoms with Crippen LogP contribution in [0.15, 0.2) is 24.1 Å². The highest BCUT2D eigenvalue weighted by Gasteiger charge is 2.26. The Labute approximate surface area is 86.4 Å². The van der Waals surface area contributed by atoms with E-state index in [1.165, 1.54) is 17.8 Å². The molecule has 0 unspecified atom stereocenters. The van der Waals surface area contributed by atoms with Crippen molar-refractivity contribution in [1.82, 2.24) is 14.5 Å². The van der Waals surface area contributed by atoms with Gasteiger partial charge in [0.25, 0.3) is 0 Å². The highest BCUT2D eigenvalue weighted by molar-refractivity contribution is 7.09. The quantitative estimate of drug-likeness (QED) is 0.769. The Morgan fingerprint density at radius 2 is 2.43 bits per heavy atom. The summed E-state index contributed by atoms with van der Waals surface area (Å²) in [4.78, 5) is 8.63. The molecule has 1 aliphatic rings. The van der Waals surface area contributed by atoms with E-state index in [1.807, 2.05) is 17.1 Å². The fourth-order valence-electron chi connectivity index (χ4n) is 1.48. The van der Waals surface area contributed by atoms with Gasteiger partial charge in [0.05, 0.1) is 23.6 Å². The van der Waals surface area contributed by atoms with Gasteiger partial charge in [-0.05, 0) is 12.8 Å². The third-order valence-electron chi connectivity index (χ3n) is 2.40. The van der Waals surface area contributed by atoms with Crippen LogP contribution in [0.3, 0.4) is 0 Å². The van der Waals surface area contributed by atoms with Crippen molar-refractivity contribution in [2.75, 3.05) is 0 Å². The first-order chi connectivity index (χ1) is 6.92. The minimum absolute atomic E-state index is 0.775. The van der Waals surface area contributed by atoms with Gasteiger partial charge >= 0.3 is 0 Å². The molecule has 3 rings (SSSR count). The standard InChI is InChI=1S/C10H11N3S/c1-2-8(1)10-12-9(6-14-10)5-13-4-3-11-7-13/h3-4,6-8H,1-2,5H2. The molecule has 1 aliphatic carbocycles. The van der Waals surface area contributed by atoms with E-state index in [1.54, 1.807) is 17.5 Å². The van der Waals surface area contributed by atoms with E-state index in [0.29, 0.717) is 0 Å². The minimum atomic E-state index is 0.775.